The number of para-hydroxylation sites is 1. The molecular weight excluding hydrogens is 366 g/mol. The summed E-state index contributed by atoms with van der Waals surface area (Å²) in [5.41, 5.74) is 0.948. The van der Waals surface area contributed by atoms with Crippen molar-refractivity contribution in [1.82, 2.24) is 10.2 Å². The molecule has 3 aromatic rings. The topological polar surface area (TPSA) is 90.4 Å². The summed E-state index contributed by atoms with van der Waals surface area (Å²) >= 11 is 3.18. The van der Waals surface area contributed by atoms with Crippen LogP contribution in [0.25, 0.3) is 11.7 Å². The number of amides is 1. The number of hydrogen-bond acceptors (Lipinski definition) is 6. The van der Waals surface area contributed by atoms with E-state index in [9.17, 15) is 4.79 Å². The van der Waals surface area contributed by atoms with Crippen LogP contribution in [0.4, 0.5) is 6.01 Å². The normalized spacial score (nSPS) is 10.5. The Morgan fingerprint density at radius 1 is 1.22 bits per heavy atom. The molecule has 1 amide bonds. The molecule has 1 N–H and O–H groups in total. The van der Waals surface area contributed by atoms with Crippen molar-refractivity contribution in [3.63, 3.8) is 0 Å². The summed E-state index contributed by atoms with van der Waals surface area (Å²) in [4.78, 5) is 11.9. The number of benzene rings is 1. The highest BCUT2D eigenvalue weighted by Crippen LogP contribution is 2.24. The first kappa shape index (κ1) is 15.3. The van der Waals surface area contributed by atoms with Crippen LogP contribution >= 0.6 is 15.9 Å². The number of nitrogens with one attached hydrogen (secondary N) is 1. The molecule has 0 aliphatic carbocycles. The van der Waals surface area contributed by atoms with Gasteiger partial charge in [-0.1, -0.05) is 23.3 Å². The Morgan fingerprint density at radius 2 is 2.04 bits per heavy atom. The third-order valence-electron chi connectivity index (χ3n) is 2.91. The number of halogens is 1. The Labute approximate surface area is 139 Å². The third kappa shape index (κ3) is 3.78. The van der Waals surface area contributed by atoms with E-state index in [-0.39, 0.29) is 18.5 Å². The van der Waals surface area contributed by atoms with E-state index in [2.05, 4.69) is 31.4 Å². The second-order valence-corrected chi connectivity index (χ2v) is 5.40. The van der Waals surface area contributed by atoms with Crippen molar-refractivity contribution in [2.75, 3.05) is 11.9 Å². The maximum atomic E-state index is 11.9. The minimum absolute atomic E-state index is 0.0223. The average molecular weight is 378 g/mol. The van der Waals surface area contributed by atoms with Gasteiger partial charge in [-0.05, 0) is 46.6 Å². The fraction of sp³-hybridized carbons (Fsp3) is 0.133. The molecule has 0 saturated heterocycles. The van der Waals surface area contributed by atoms with Gasteiger partial charge in [0.15, 0.2) is 17.0 Å². The first-order valence-corrected chi connectivity index (χ1v) is 7.48. The maximum Gasteiger partial charge on any atom is 0.322 e. The highest BCUT2D eigenvalue weighted by Gasteiger charge is 2.14. The second kappa shape index (κ2) is 6.66. The van der Waals surface area contributed by atoms with Gasteiger partial charge < -0.3 is 13.6 Å². The van der Waals surface area contributed by atoms with Crippen molar-refractivity contribution in [3.05, 3.63) is 46.6 Å². The van der Waals surface area contributed by atoms with Crippen molar-refractivity contribution in [1.29, 1.82) is 0 Å². The van der Waals surface area contributed by atoms with Gasteiger partial charge in [-0.15, -0.1) is 5.10 Å². The number of aromatic nitrogens is 2. The Kier molecular flexibility index (Phi) is 4.42. The zero-order chi connectivity index (χ0) is 16.2. The summed E-state index contributed by atoms with van der Waals surface area (Å²) < 4.78 is 16.6. The number of ether oxygens (including phenoxy) is 1. The first-order valence-electron chi connectivity index (χ1n) is 6.69. The minimum Gasteiger partial charge on any atom is -0.483 e. The van der Waals surface area contributed by atoms with E-state index in [1.807, 2.05) is 25.1 Å². The van der Waals surface area contributed by atoms with E-state index in [1.54, 1.807) is 18.2 Å². The SMILES string of the molecule is Cc1ccccc1OCC(=O)Nc1nnc(-c2ccc(Br)o2)o1. The standard InChI is InChI=1S/C15H12BrN3O4/c1-9-4-2-3-5-10(9)21-8-13(20)17-15-19-18-14(23-15)11-6-7-12(16)22-11/h2-7H,8H2,1H3,(H,17,19,20). The molecule has 0 aliphatic rings. The van der Waals surface area contributed by atoms with Gasteiger partial charge in [0.25, 0.3) is 11.8 Å². The van der Waals surface area contributed by atoms with Crippen molar-refractivity contribution in [2.24, 2.45) is 0 Å². The summed E-state index contributed by atoms with van der Waals surface area (Å²) in [5.74, 6) is 0.824. The number of nitrogens with zero attached hydrogens (tertiary/aromatic N) is 2. The molecule has 7 nitrogen and oxygen atoms in total. The van der Waals surface area contributed by atoms with Gasteiger partial charge >= 0.3 is 6.01 Å². The summed E-state index contributed by atoms with van der Waals surface area (Å²) in [7, 11) is 0. The van der Waals surface area contributed by atoms with Crippen molar-refractivity contribution in [2.45, 2.75) is 6.92 Å². The number of aryl methyl sites for hydroxylation is 1. The Hall–Kier alpha value is -2.61. The van der Waals surface area contributed by atoms with Crippen LogP contribution in [-0.4, -0.2) is 22.7 Å². The van der Waals surface area contributed by atoms with Crippen LogP contribution in [0.5, 0.6) is 5.75 Å². The zero-order valence-corrected chi connectivity index (χ0v) is 13.7. The smallest absolute Gasteiger partial charge is 0.322 e. The van der Waals surface area contributed by atoms with Crippen LogP contribution < -0.4 is 10.1 Å². The van der Waals surface area contributed by atoms with Crippen LogP contribution in [-0.2, 0) is 4.79 Å². The van der Waals surface area contributed by atoms with Gasteiger partial charge in [0.1, 0.15) is 5.75 Å². The molecule has 1 aromatic carbocycles. The molecule has 2 aromatic heterocycles. The Morgan fingerprint density at radius 3 is 2.78 bits per heavy atom. The lowest BCUT2D eigenvalue weighted by Gasteiger charge is -2.07. The van der Waals surface area contributed by atoms with Gasteiger partial charge in [0, 0.05) is 0 Å². The number of anilines is 1. The van der Waals surface area contributed by atoms with Gasteiger partial charge in [-0.2, -0.15) is 0 Å². The monoisotopic (exact) mass is 377 g/mol. The summed E-state index contributed by atoms with van der Waals surface area (Å²) in [6.07, 6.45) is 0. The van der Waals surface area contributed by atoms with Gasteiger partial charge in [0.2, 0.25) is 0 Å². The third-order valence-corrected chi connectivity index (χ3v) is 3.33. The van der Waals surface area contributed by atoms with E-state index in [0.29, 0.717) is 16.2 Å². The van der Waals surface area contributed by atoms with Crippen LogP contribution in [0.2, 0.25) is 0 Å². The van der Waals surface area contributed by atoms with Crippen molar-refractivity contribution >= 4 is 27.9 Å². The lowest BCUT2D eigenvalue weighted by Crippen LogP contribution is -2.20. The van der Waals surface area contributed by atoms with Gasteiger partial charge in [0.05, 0.1) is 0 Å². The number of furan rings is 1. The van der Waals surface area contributed by atoms with E-state index >= 15 is 0 Å². The molecule has 0 saturated carbocycles. The fourth-order valence-corrected chi connectivity index (χ4v) is 2.13. The fourth-order valence-electron chi connectivity index (χ4n) is 1.82. The lowest BCUT2D eigenvalue weighted by atomic mass is 10.2. The number of hydrogen-bond donors (Lipinski definition) is 1. The highest BCUT2D eigenvalue weighted by atomic mass is 79.9. The molecule has 118 valence electrons. The number of rotatable bonds is 5. The Balaban J connectivity index is 1.58. The molecule has 3 rings (SSSR count). The molecule has 2 heterocycles. The summed E-state index contributed by atoms with van der Waals surface area (Å²) in [6.45, 7) is 1.74. The molecule has 8 heteroatoms. The van der Waals surface area contributed by atoms with Crippen LogP contribution in [0.3, 0.4) is 0 Å². The van der Waals surface area contributed by atoms with Crippen molar-refractivity contribution < 1.29 is 18.4 Å². The maximum absolute atomic E-state index is 11.9. The quantitative estimate of drug-likeness (QED) is 0.732. The number of carbonyl (C=O) groups is 1. The summed E-state index contributed by atoms with van der Waals surface area (Å²) in [6, 6.07) is 10.8. The molecule has 0 radical (unpaired) electrons. The molecule has 0 spiro atoms. The van der Waals surface area contributed by atoms with Gasteiger partial charge in [-0.25, -0.2) is 0 Å². The molecule has 0 aliphatic heterocycles. The Bertz CT molecular complexity index is 828. The predicted molar refractivity (Wildman–Crippen MR) is 85.0 cm³/mol. The van der Waals surface area contributed by atoms with Gasteiger partial charge in [-0.3, -0.25) is 10.1 Å². The molecular formula is C15H12BrN3O4. The molecule has 23 heavy (non-hydrogen) atoms. The van der Waals surface area contributed by atoms with Crippen molar-refractivity contribution in [3.8, 4) is 17.4 Å². The van der Waals surface area contributed by atoms with E-state index in [0.717, 1.165) is 5.56 Å². The van der Waals surface area contributed by atoms with E-state index in [1.165, 1.54) is 0 Å². The molecule has 0 unspecified atom stereocenters. The first-order chi connectivity index (χ1) is 11.1. The number of carbonyl (C=O) groups excluding carboxylic acids is 1. The molecule has 0 bridgehead atoms. The zero-order valence-electron chi connectivity index (χ0n) is 12.1. The van der Waals surface area contributed by atoms with Crippen LogP contribution in [0, 0.1) is 6.92 Å². The largest absolute Gasteiger partial charge is 0.483 e. The highest BCUT2D eigenvalue weighted by molar-refractivity contribution is 9.10. The average Bonchev–Trinajstić information content (AvgIpc) is 3.15. The predicted octanol–water partition coefficient (Wildman–Crippen LogP) is 3.42. The van der Waals surface area contributed by atoms with Crippen LogP contribution in [0.1, 0.15) is 5.56 Å². The van der Waals surface area contributed by atoms with E-state index in [4.69, 9.17) is 13.6 Å². The molecule has 0 fully saturated rings. The minimum atomic E-state index is -0.399. The van der Waals surface area contributed by atoms with Crippen LogP contribution in [0.15, 0.2) is 49.9 Å². The molecule has 0 atom stereocenters. The lowest BCUT2D eigenvalue weighted by molar-refractivity contribution is -0.118. The van der Waals surface area contributed by atoms with E-state index < -0.39 is 5.91 Å². The second-order valence-electron chi connectivity index (χ2n) is 4.62. The summed E-state index contributed by atoms with van der Waals surface area (Å²) in [5, 5.41) is 10.0.